The van der Waals surface area contributed by atoms with E-state index in [1.807, 2.05) is 31.6 Å². The van der Waals surface area contributed by atoms with Crippen LogP contribution in [0.2, 0.25) is 0 Å². The molecule has 1 N–H and O–H groups in total. The van der Waals surface area contributed by atoms with E-state index < -0.39 is 0 Å². The van der Waals surface area contributed by atoms with Crippen LogP contribution < -0.4 is 5.32 Å². The largest absolute Gasteiger partial charge is 0.337 e. The Bertz CT molecular complexity index is 956. The third kappa shape index (κ3) is 3.78. The summed E-state index contributed by atoms with van der Waals surface area (Å²) in [6.45, 7) is 1.84. The van der Waals surface area contributed by atoms with Crippen molar-refractivity contribution in [2.24, 2.45) is 7.05 Å². The van der Waals surface area contributed by atoms with Crippen LogP contribution in [0.5, 0.6) is 0 Å². The molecule has 3 aromatic heterocycles. The first-order valence-corrected chi connectivity index (χ1v) is 8.89. The summed E-state index contributed by atoms with van der Waals surface area (Å²) in [5.74, 6) is 1.58. The minimum Gasteiger partial charge on any atom is -0.337 e. The molecule has 0 saturated carbocycles. The van der Waals surface area contributed by atoms with Gasteiger partial charge in [0.2, 0.25) is 5.95 Å². The number of nitriles is 1. The molecular weight excluding hydrogens is 340 g/mol. The van der Waals surface area contributed by atoms with E-state index in [0.717, 1.165) is 43.1 Å². The van der Waals surface area contributed by atoms with Crippen molar-refractivity contribution in [1.82, 2.24) is 29.4 Å². The van der Waals surface area contributed by atoms with Gasteiger partial charge in [0.15, 0.2) is 0 Å². The molecule has 4 rings (SSSR count). The highest BCUT2D eigenvalue weighted by atomic mass is 15.2. The monoisotopic (exact) mass is 360 g/mol. The SMILES string of the molecule is Cn1ccnc1CN1CCC[C@H]1c1ccnc(Nc2ccc(C#N)nc2)n1. The Morgan fingerprint density at radius 2 is 2.15 bits per heavy atom. The zero-order chi connectivity index (χ0) is 18.6. The number of nitrogens with zero attached hydrogens (tertiary/aromatic N) is 7. The third-order valence-electron chi connectivity index (χ3n) is 4.78. The van der Waals surface area contributed by atoms with Gasteiger partial charge >= 0.3 is 0 Å². The molecule has 1 atom stereocenters. The van der Waals surface area contributed by atoms with E-state index in [-0.39, 0.29) is 6.04 Å². The van der Waals surface area contributed by atoms with Crippen molar-refractivity contribution >= 4 is 11.6 Å². The Labute approximate surface area is 157 Å². The highest BCUT2D eigenvalue weighted by Crippen LogP contribution is 2.32. The quantitative estimate of drug-likeness (QED) is 0.747. The van der Waals surface area contributed by atoms with E-state index in [1.54, 1.807) is 24.5 Å². The van der Waals surface area contributed by atoms with Crippen molar-refractivity contribution in [2.75, 3.05) is 11.9 Å². The van der Waals surface area contributed by atoms with E-state index in [4.69, 9.17) is 10.2 Å². The molecule has 27 heavy (non-hydrogen) atoms. The predicted octanol–water partition coefficient (Wildman–Crippen LogP) is 2.56. The lowest BCUT2D eigenvalue weighted by Crippen LogP contribution is -2.25. The van der Waals surface area contributed by atoms with Gasteiger partial charge in [0, 0.05) is 25.6 Å². The molecule has 1 aliphatic rings. The Morgan fingerprint density at radius 1 is 1.22 bits per heavy atom. The van der Waals surface area contributed by atoms with Gasteiger partial charge < -0.3 is 9.88 Å². The molecule has 0 aliphatic carbocycles. The van der Waals surface area contributed by atoms with Gasteiger partial charge in [-0.05, 0) is 37.6 Å². The summed E-state index contributed by atoms with van der Waals surface area (Å²) < 4.78 is 2.06. The predicted molar refractivity (Wildman–Crippen MR) is 99.9 cm³/mol. The number of imidazole rings is 1. The Hall–Kier alpha value is -3.31. The fourth-order valence-electron chi connectivity index (χ4n) is 3.36. The Balaban J connectivity index is 1.50. The van der Waals surface area contributed by atoms with Crippen molar-refractivity contribution in [1.29, 1.82) is 5.26 Å². The Morgan fingerprint density at radius 3 is 2.89 bits per heavy atom. The van der Waals surface area contributed by atoms with Crippen LogP contribution in [-0.2, 0) is 13.6 Å². The normalized spacial score (nSPS) is 17.0. The van der Waals surface area contributed by atoms with E-state index in [1.165, 1.54) is 0 Å². The van der Waals surface area contributed by atoms with Crippen LogP contribution in [0.1, 0.15) is 36.1 Å². The van der Waals surface area contributed by atoms with Gasteiger partial charge in [0.05, 0.1) is 30.2 Å². The molecule has 136 valence electrons. The van der Waals surface area contributed by atoms with E-state index in [9.17, 15) is 0 Å². The number of hydrogen-bond acceptors (Lipinski definition) is 7. The molecule has 8 heteroatoms. The molecule has 3 aromatic rings. The molecule has 8 nitrogen and oxygen atoms in total. The van der Waals surface area contributed by atoms with Crippen LogP contribution in [0, 0.1) is 11.3 Å². The zero-order valence-electron chi connectivity index (χ0n) is 15.1. The third-order valence-corrected chi connectivity index (χ3v) is 4.78. The first kappa shape index (κ1) is 17.1. The number of aromatic nitrogens is 5. The van der Waals surface area contributed by atoms with Crippen LogP contribution >= 0.6 is 0 Å². The standard InChI is InChI=1S/C19H20N8/c1-26-10-8-21-18(26)13-27-9-2-3-17(27)16-6-7-22-19(25-16)24-15-5-4-14(11-20)23-12-15/h4-8,10,12,17H,2-3,9,13H2,1H3,(H,22,24,25)/t17-/m0/s1. The van der Waals surface area contributed by atoms with Crippen LogP contribution in [0.3, 0.4) is 0 Å². The van der Waals surface area contributed by atoms with Crippen LogP contribution in [0.15, 0.2) is 43.0 Å². The topological polar surface area (TPSA) is 95.6 Å². The molecule has 0 amide bonds. The maximum Gasteiger partial charge on any atom is 0.227 e. The molecule has 0 spiro atoms. The van der Waals surface area contributed by atoms with E-state index in [0.29, 0.717) is 11.6 Å². The molecule has 0 bridgehead atoms. The number of rotatable bonds is 5. The first-order chi connectivity index (χ1) is 13.2. The lowest BCUT2D eigenvalue weighted by atomic mass is 10.1. The summed E-state index contributed by atoms with van der Waals surface area (Å²) in [7, 11) is 2.02. The number of anilines is 2. The van der Waals surface area contributed by atoms with Gasteiger partial charge in [0.1, 0.15) is 17.6 Å². The van der Waals surface area contributed by atoms with Gasteiger partial charge in [-0.2, -0.15) is 5.26 Å². The lowest BCUT2D eigenvalue weighted by molar-refractivity contribution is 0.236. The summed E-state index contributed by atoms with van der Waals surface area (Å²) in [4.78, 5) is 19.9. The second-order valence-electron chi connectivity index (χ2n) is 6.56. The molecule has 1 fully saturated rings. The molecule has 1 aliphatic heterocycles. The van der Waals surface area contributed by atoms with Crippen molar-refractivity contribution < 1.29 is 0 Å². The average molecular weight is 360 g/mol. The van der Waals surface area contributed by atoms with Gasteiger partial charge in [-0.3, -0.25) is 4.90 Å². The van der Waals surface area contributed by atoms with Crippen molar-refractivity contribution in [3.8, 4) is 6.07 Å². The van der Waals surface area contributed by atoms with Crippen molar-refractivity contribution in [3.63, 3.8) is 0 Å². The summed E-state index contributed by atoms with van der Waals surface area (Å²) in [5.41, 5.74) is 2.13. The second kappa shape index (κ2) is 7.51. The van der Waals surface area contributed by atoms with E-state index in [2.05, 4.69) is 29.7 Å². The highest BCUT2D eigenvalue weighted by molar-refractivity contribution is 5.52. The van der Waals surface area contributed by atoms with Crippen molar-refractivity contribution in [2.45, 2.75) is 25.4 Å². The van der Waals surface area contributed by atoms with E-state index >= 15 is 0 Å². The van der Waals surface area contributed by atoms with Crippen LogP contribution in [0.25, 0.3) is 0 Å². The van der Waals surface area contributed by atoms with Gasteiger partial charge in [-0.15, -0.1) is 0 Å². The van der Waals surface area contributed by atoms with Crippen LogP contribution in [-0.4, -0.2) is 35.9 Å². The lowest BCUT2D eigenvalue weighted by Gasteiger charge is -2.23. The summed E-state index contributed by atoms with van der Waals surface area (Å²) >= 11 is 0. The van der Waals surface area contributed by atoms with Crippen molar-refractivity contribution in [3.05, 3.63) is 60.2 Å². The smallest absolute Gasteiger partial charge is 0.227 e. The molecule has 0 aromatic carbocycles. The number of likely N-dealkylation sites (tertiary alicyclic amines) is 1. The summed E-state index contributed by atoms with van der Waals surface area (Å²) in [6.07, 6.45) is 9.40. The highest BCUT2D eigenvalue weighted by Gasteiger charge is 2.28. The fourth-order valence-corrected chi connectivity index (χ4v) is 3.36. The molecular formula is C19H20N8. The summed E-state index contributed by atoms with van der Waals surface area (Å²) in [5, 5.41) is 12.0. The molecule has 4 heterocycles. The minimum atomic E-state index is 0.254. The second-order valence-corrected chi connectivity index (χ2v) is 6.56. The number of pyridine rings is 1. The maximum absolute atomic E-state index is 8.84. The maximum atomic E-state index is 8.84. The van der Waals surface area contributed by atoms with Crippen LogP contribution in [0.4, 0.5) is 11.6 Å². The fraction of sp³-hybridized carbons (Fsp3) is 0.316. The number of nitrogens with one attached hydrogen (secondary N) is 1. The number of aryl methyl sites for hydroxylation is 1. The Kier molecular flexibility index (Phi) is 4.77. The first-order valence-electron chi connectivity index (χ1n) is 8.89. The molecule has 1 saturated heterocycles. The van der Waals surface area contributed by atoms with Gasteiger partial charge in [-0.25, -0.2) is 19.9 Å². The summed E-state index contributed by atoms with van der Waals surface area (Å²) in [6, 6.07) is 7.70. The van der Waals surface area contributed by atoms with Gasteiger partial charge in [0.25, 0.3) is 0 Å². The average Bonchev–Trinajstić information content (AvgIpc) is 3.32. The van der Waals surface area contributed by atoms with Gasteiger partial charge in [-0.1, -0.05) is 0 Å². The molecule has 0 radical (unpaired) electrons. The zero-order valence-corrected chi connectivity index (χ0v) is 15.1. The minimum absolute atomic E-state index is 0.254. The molecule has 0 unspecified atom stereocenters. The number of hydrogen-bond donors (Lipinski definition) is 1.